The Morgan fingerprint density at radius 1 is 1.43 bits per heavy atom. The third-order valence-corrected chi connectivity index (χ3v) is 4.54. The molecule has 0 radical (unpaired) electrons. The summed E-state index contributed by atoms with van der Waals surface area (Å²) < 4.78 is 7.73. The Hall–Kier alpha value is -1.93. The van der Waals surface area contributed by atoms with Crippen molar-refractivity contribution in [3.05, 3.63) is 34.6 Å². The highest BCUT2D eigenvalue weighted by Crippen LogP contribution is 2.27. The minimum Gasteiger partial charge on any atom is -0.497 e. The van der Waals surface area contributed by atoms with E-state index in [9.17, 15) is 4.79 Å². The van der Waals surface area contributed by atoms with Crippen LogP contribution in [-0.2, 0) is 0 Å². The van der Waals surface area contributed by atoms with E-state index in [1.165, 1.54) is 0 Å². The lowest BCUT2D eigenvalue weighted by atomic mass is 10.1. The van der Waals surface area contributed by atoms with E-state index in [4.69, 9.17) is 4.74 Å². The smallest absolute Gasteiger partial charge is 0.277 e. The third-order valence-electron chi connectivity index (χ3n) is 3.85. The Morgan fingerprint density at radius 3 is 2.96 bits per heavy atom. The fourth-order valence-electron chi connectivity index (χ4n) is 2.54. The van der Waals surface area contributed by atoms with Crippen molar-refractivity contribution >= 4 is 27.5 Å². The molecule has 122 valence electrons. The van der Waals surface area contributed by atoms with Crippen molar-refractivity contribution in [3.8, 4) is 5.75 Å². The number of hydrogen-bond acceptors (Lipinski definition) is 5. The summed E-state index contributed by atoms with van der Waals surface area (Å²) in [5.41, 5.74) is 0.934. The van der Waals surface area contributed by atoms with Gasteiger partial charge in [-0.2, -0.15) is 0 Å². The highest BCUT2D eigenvalue weighted by molar-refractivity contribution is 9.10. The molecule has 8 heteroatoms. The van der Waals surface area contributed by atoms with Crippen molar-refractivity contribution in [2.24, 2.45) is 0 Å². The maximum absolute atomic E-state index is 12.4. The van der Waals surface area contributed by atoms with Gasteiger partial charge >= 0.3 is 0 Å². The van der Waals surface area contributed by atoms with Gasteiger partial charge in [-0.1, -0.05) is 5.21 Å². The molecule has 23 heavy (non-hydrogen) atoms. The largest absolute Gasteiger partial charge is 0.497 e. The van der Waals surface area contributed by atoms with Crippen LogP contribution in [0.4, 0.5) is 5.69 Å². The van der Waals surface area contributed by atoms with Crippen LogP contribution in [0.3, 0.4) is 0 Å². The number of carbonyl (C=O) groups is 1. The SMILES string of the molecule is COc1ccc(Br)c(NC(=O)c2cn(C3CCNCC3)nn2)c1. The highest BCUT2D eigenvalue weighted by atomic mass is 79.9. The van der Waals surface area contributed by atoms with Crippen molar-refractivity contribution in [1.29, 1.82) is 0 Å². The summed E-state index contributed by atoms with van der Waals surface area (Å²) in [5, 5.41) is 14.2. The molecule has 2 N–H and O–H groups in total. The number of ether oxygens (including phenoxy) is 1. The van der Waals surface area contributed by atoms with Crippen LogP contribution in [0.2, 0.25) is 0 Å². The Kier molecular flexibility index (Phi) is 4.92. The minimum absolute atomic E-state index is 0.292. The van der Waals surface area contributed by atoms with Gasteiger partial charge in [0.2, 0.25) is 0 Å². The number of halogens is 1. The van der Waals surface area contributed by atoms with Gasteiger partial charge in [0.15, 0.2) is 5.69 Å². The normalized spacial score (nSPS) is 15.4. The molecule has 1 saturated heterocycles. The summed E-state index contributed by atoms with van der Waals surface area (Å²) in [6, 6.07) is 5.68. The zero-order valence-corrected chi connectivity index (χ0v) is 14.3. The molecule has 0 atom stereocenters. The first kappa shape index (κ1) is 15.9. The number of carbonyl (C=O) groups excluding carboxylic acids is 1. The third kappa shape index (κ3) is 3.70. The van der Waals surface area contributed by atoms with Crippen LogP contribution in [0.1, 0.15) is 29.4 Å². The Labute approximate surface area is 142 Å². The zero-order chi connectivity index (χ0) is 16.2. The lowest BCUT2D eigenvalue weighted by Gasteiger charge is -2.22. The van der Waals surface area contributed by atoms with E-state index in [0.717, 1.165) is 30.4 Å². The molecule has 7 nitrogen and oxygen atoms in total. The summed E-state index contributed by atoms with van der Waals surface area (Å²) in [6.07, 6.45) is 3.69. The van der Waals surface area contributed by atoms with E-state index < -0.39 is 0 Å². The molecule has 1 aliphatic rings. The Bertz CT molecular complexity index is 697. The van der Waals surface area contributed by atoms with Gasteiger partial charge in [-0.3, -0.25) is 4.79 Å². The standard InChI is InChI=1S/C15H18BrN5O2/c1-23-11-2-3-12(16)13(8-11)18-15(22)14-9-21(20-19-14)10-4-6-17-7-5-10/h2-3,8-10,17H,4-7H2,1H3,(H,18,22). The lowest BCUT2D eigenvalue weighted by molar-refractivity contribution is 0.102. The van der Waals surface area contributed by atoms with E-state index in [1.54, 1.807) is 24.1 Å². The molecule has 1 fully saturated rings. The first-order chi connectivity index (χ1) is 11.2. The van der Waals surface area contributed by atoms with E-state index in [-0.39, 0.29) is 5.91 Å². The number of piperidine rings is 1. The van der Waals surface area contributed by atoms with Crippen LogP contribution in [0.25, 0.3) is 0 Å². The van der Waals surface area contributed by atoms with Gasteiger partial charge < -0.3 is 15.4 Å². The molecule has 1 aromatic heterocycles. The lowest BCUT2D eigenvalue weighted by Crippen LogP contribution is -2.29. The summed E-state index contributed by atoms with van der Waals surface area (Å²) in [4.78, 5) is 12.4. The number of nitrogens with one attached hydrogen (secondary N) is 2. The zero-order valence-electron chi connectivity index (χ0n) is 12.8. The number of amides is 1. The Morgan fingerprint density at radius 2 is 2.22 bits per heavy atom. The van der Waals surface area contributed by atoms with Crippen molar-refractivity contribution in [2.75, 3.05) is 25.5 Å². The molecule has 0 aliphatic carbocycles. The Balaban J connectivity index is 1.72. The second kappa shape index (κ2) is 7.10. The summed E-state index contributed by atoms with van der Waals surface area (Å²) in [7, 11) is 1.58. The van der Waals surface area contributed by atoms with E-state index >= 15 is 0 Å². The molecule has 0 bridgehead atoms. The van der Waals surface area contributed by atoms with Gasteiger partial charge in [-0.05, 0) is 54.0 Å². The molecule has 1 aromatic carbocycles. The number of aromatic nitrogens is 3. The van der Waals surface area contributed by atoms with Gasteiger partial charge in [0, 0.05) is 10.5 Å². The maximum Gasteiger partial charge on any atom is 0.277 e. The first-order valence-electron chi connectivity index (χ1n) is 7.45. The van der Waals surface area contributed by atoms with E-state index in [0.29, 0.717) is 23.2 Å². The number of rotatable bonds is 4. The van der Waals surface area contributed by atoms with Crippen LogP contribution in [0.15, 0.2) is 28.9 Å². The van der Waals surface area contributed by atoms with Gasteiger partial charge in [-0.15, -0.1) is 5.10 Å². The number of anilines is 1. The van der Waals surface area contributed by atoms with Crippen molar-refractivity contribution in [1.82, 2.24) is 20.3 Å². The van der Waals surface area contributed by atoms with Crippen LogP contribution >= 0.6 is 15.9 Å². The minimum atomic E-state index is -0.292. The maximum atomic E-state index is 12.4. The van der Waals surface area contributed by atoms with Gasteiger partial charge in [-0.25, -0.2) is 4.68 Å². The molecule has 3 rings (SSSR count). The molecule has 1 aliphatic heterocycles. The van der Waals surface area contributed by atoms with E-state index in [1.807, 2.05) is 12.1 Å². The quantitative estimate of drug-likeness (QED) is 0.850. The average molecular weight is 380 g/mol. The second-order valence-corrected chi connectivity index (χ2v) is 6.22. The molecular formula is C15H18BrN5O2. The fraction of sp³-hybridized carbons (Fsp3) is 0.400. The molecule has 2 aromatic rings. The number of methoxy groups -OCH3 is 1. The number of hydrogen-bond donors (Lipinski definition) is 2. The van der Waals surface area contributed by atoms with Crippen molar-refractivity contribution in [2.45, 2.75) is 18.9 Å². The van der Waals surface area contributed by atoms with Gasteiger partial charge in [0.25, 0.3) is 5.91 Å². The number of benzene rings is 1. The monoisotopic (exact) mass is 379 g/mol. The summed E-state index contributed by atoms with van der Waals surface area (Å²) in [6.45, 7) is 1.92. The number of nitrogens with zero attached hydrogens (tertiary/aromatic N) is 3. The van der Waals surface area contributed by atoms with Crippen LogP contribution in [0.5, 0.6) is 5.75 Å². The average Bonchev–Trinajstić information content (AvgIpc) is 3.08. The molecular weight excluding hydrogens is 362 g/mol. The van der Waals surface area contributed by atoms with Crippen LogP contribution < -0.4 is 15.4 Å². The molecule has 1 amide bonds. The van der Waals surface area contributed by atoms with Crippen LogP contribution in [0, 0.1) is 0 Å². The summed E-state index contributed by atoms with van der Waals surface area (Å²) in [5.74, 6) is 0.376. The fourth-order valence-corrected chi connectivity index (χ4v) is 2.89. The van der Waals surface area contributed by atoms with Gasteiger partial charge in [0.05, 0.1) is 25.0 Å². The topological polar surface area (TPSA) is 81.1 Å². The highest BCUT2D eigenvalue weighted by Gasteiger charge is 2.19. The molecule has 0 saturated carbocycles. The second-order valence-electron chi connectivity index (χ2n) is 5.36. The predicted octanol–water partition coefficient (Wildman–Crippen LogP) is 2.23. The van der Waals surface area contributed by atoms with E-state index in [2.05, 4.69) is 36.9 Å². The van der Waals surface area contributed by atoms with Gasteiger partial charge in [0.1, 0.15) is 5.75 Å². The molecule has 2 heterocycles. The van der Waals surface area contributed by atoms with Crippen molar-refractivity contribution in [3.63, 3.8) is 0 Å². The summed E-state index contributed by atoms with van der Waals surface area (Å²) >= 11 is 3.41. The predicted molar refractivity (Wildman–Crippen MR) is 89.8 cm³/mol. The molecule has 0 unspecified atom stereocenters. The van der Waals surface area contributed by atoms with Crippen LogP contribution in [-0.4, -0.2) is 41.1 Å². The molecule has 0 spiro atoms. The van der Waals surface area contributed by atoms with Crippen molar-refractivity contribution < 1.29 is 9.53 Å². The first-order valence-corrected chi connectivity index (χ1v) is 8.24.